The number of rotatable bonds is 5. The first-order chi connectivity index (χ1) is 16.2. The number of amides is 3. The number of hydrogen-bond donors (Lipinski definition) is 3. The van der Waals surface area contributed by atoms with E-state index >= 15 is 0 Å². The van der Waals surface area contributed by atoms with E-state index in [4.69, 9.17) is 5.11 Å². The molecule has 0 atom stereocenters. The first kappa shape index (κ1) is 23.3. The van der Waals surface area contributed by atoms with Gasteiger partial charge < -0.3 is 25.5 Å². The maximum atomic E-state index is 13.5. The Balaban J connectivity index is 1.66. The quantitative estimate of drug-likeness (QED) is 0.455. The molecule has 0 aromatic heterocycles. The van der Waals surface area contributed by atoms with Crippen LogP contribution >= 0.6 is 11.8 Å². The Hall–Kier alpha value is -3.85. The van der Waals surface area contributed by atoms with Gasteiger partial charge in [0.05, 0.1) is 11.4 Å². The van der Waals surface area contributed by atoms with E-state index in [1.165, 1.54) is 0 Å². The van der Waals surface area contributed by atoms with Gasteiger partial charge >= 0.3 is 12.1 Å². The summed E-state index contributed by atoms with van der Waals surface area (Å²) in [5, 5.41) is 14.1. The summed E-state index contributed by atoms with van der Waals surface area (Å²) in [7, 11) is 7.97. The lowest BCUT2D eigenvalue weighted by Gasteiger charge is -2.32. The van der Waals surface area contributed by atoms with Gasteiger partial charge in [0.2, 0.25) is 0 Å². The topological polar surface area (TPSA) is 88.2 Å². The molecular weight excluding hydrogens is 450 g/mol. The second-order valence-corrected chi connectivity index (χ2v) is 9.40. The molecule has 3 aromatic rings. The normalized spacial score (nSPS) is 11.8. The van der Waals surface area contributed by atoms with Gasteiger partial charge in [-0.2, -0.15) is 0 Å². The molecule has 0 unspecified atom stereocenters. The number of carbonyl (C=O) groups excluding carboxylic acids is 1. The first-order valence-corrected chi connectivity index (χ1v) is 11.5. The van der Waals surface area contributed by atoms with Gasteiger partial charge in [-0.3, -0.25) is 4.90 Å². The van der Waals surface area contributed by atoms with Gasteiger partial charge in [-0.05, 0) is 54.1 Å². The second kappa shape index (κ2) is 9.56. The highest BCUT2D eigenvalue weighted by molar-refractivity contribution is 7.99. The van der Waals surface area contributed by atoms with Crippen molar-refractivity contribution in [3.8, 4) is 0 Å². The number of carboxylic acid groups (broad SMARTS) is 1. The van der Waals surface area contributed by atoms with E-state index in [0.717, 1.165) is 38.1 Å². The molecule has 0 saturated carbocycles. The Labute approximate surface area is 203 Å². The molecule has 176 valence electrons. The van der Waals surface area contributed by atoms with Crippen LogP contribution in [0.4, 0.5) is 38.0 Å². The van der Waals surface area contributed by atoms with E-state index in [9.17, 15) is 9.59 Å². The Bertz CT molecular complexity index is 1170. The summed E-state index contributed by atoms with van der Waals surface area (Å²) < 4.78 is 0. The maximum absolute atomic E-state index is 13.5. The van der Waals surface area contributed by atoms with E-state index < -0.39 is 6.09 Å². The Morgan fingerprint density at radius 2 is 1.38 bits per heavy atom. The number of benzene rings is 3. The van der Waals surface area contributed by atoms with E-state index in [1.807, 2.05) is 62.3 Å². The summed E-state index contributed by atoms with van der Waals surface area (Å²) >= 11 is 1.65. The third kappa shape index (κ3) is 4.89. The molecular formula is C25H27N5O3S. The average molecular weight is 478 g/mol. The van der Waals surface area contributed by atoms with Gasteiger partial charge in [-0.1, -0.05) is 23.9 Å². The number of hydrogen-bond acceptors (Lipinski definition) is 5. The van der Waals surface area contributed by atoms with Crippen LogP contribution in [0.1, 0.15) is 5.56 Å². The number of nitrogens with one attached hydrogen (secondary N) is 2. The first-order valence-electron chi connectivity index (χ1n) is 10.7. The zero-order valence-corrected chi connectivity index (χ0v) is 20.3. The molecule has 1 heterocycles. The van der Waals surface area contributed by atoms with Crippen LogP contribution in [0.15, 0.2) is 70.5 Å². The van der Waals surface area contributed by atoms with Crippen LogP contribution in [0, 0.1) is 0 Å². The summed E-state index contributed by atoms with van der Waals surface area (Å²) in [4.78, 5) is 32.0. The van der Waals surface area contributed by atoms with Crippen LogP contribution in [0.5, 0.6) is 0 Å². The molecule has 1 aliphatic heterocycles. The van der Waals surface area contributed by atoms with Crippen molar-refractivity contribution in [3.63, 3.8) is 0 Å². The molecule has 3 amide bonds. The molecule has 0 bridgehead atoms. The van der Waals surface area contributed by atoms with Crippen molar-refractivity contribution in [1.82, 2.24) is 5.32 Å². The second-order valence-electron chi connectivity index (χ2n) is 8.32. The third-order valence-electron chi connectivity index (χ3n) is 5.47. The van der Waals surface area contributed by atoms with Crippen LogP contribution in [0.3, 0.4) is 0 Å². The highest BCUT2D eigenvalue weighted by atomic mass is 32.2. The van der Waals surface area contributed by atoms with Gasteiger partial charge in [0.15, 0.2) is 0 Å². The van der Waals surface area contributed by atoms with E-state index in [-0.39, 0.29) is 12.6 Å². The average Bonchev–Trinajstić information content (AvgIpc) is 2.81. The lowest BCUT2D eigenvalue weighted by atomic mass is 10.2. The minimum absolute atomic E-state index is 0.204. The summed E-state index contributed by atoms with van der Waals surface area (Å²) in [6.07, 6.45) is -1.08. The zero-order valence-electron chi connectivity index (χ0n) is 19.5. The molecule has 3 aromatic carbocycles. The molecule has 0 fully saturated rings. The molecule has 0 aliphatic carbocycles. The van der Waals surface area contributed by atoms with Crippen molar-refractivity contribution in [1.29, 1.82) is 0 Å². The van der Waals surface area contributed by atoms with Gasteiger partial charge in [0, 0.05) is 61.6 Å². The fraction of sp³-hybridized carbons (Fsp3) is 0.200. The zero-order chi connectivity index (χ0) is 24.4. The monoisotopic (exact) mass is 477 g/mol. The number of anilines is 5. The highest BCUT2D eigenvalue weighted by Gasteiger charge is 2.29. The number of carbonyl (C=O) groups is 2. The van der Waals surface area contributed by atoms with Crippen molar-refractivity contribution in [2.75, 3.05) is 48.2 Å². The third-order valence-corrected chi connectivity index (χ3v) is 6.57. The molecule has 0 saturated heterocycles. The van der Waals surface area contributed by atoms with Crippen molar-refractivity contribution in [3.05, 3.63) is 66.2 Å². The number of urea groups is 1. The van der Waals surface area contributed by atoms with Crippen molar-refractivity contribution >= 4 is 52.3 Å². The van der Waals surface area contributed by atoms with E-state index in [0.29, 0.717) is 5.69 Å². The predicted octanol–water partition coefficient (Wildman–Crippen LogP) is 5.42. The van der Waals surface area contributed by atoms with Crippen LogP contribution in [-0.2, 0) is 6.54 Å². The SMILES string of the molecule is CN(C)c1ccc2c(c1)Sc1cc(N(C)C)ccc1N2C(=O)Nc1ccc(CNC(=O)O)cc1. The van der Waals surface area contributed by atoms with Crippen LogP contribution in [0.25, 0.3) is 0 Å². The smallest absolute Gasteiger partial charge is 0.404 e. The molecule has 1 aliphatic rings. The van der Waals surface area contributed by atoms with Crippen molar-refractivity contribution < 1.29 is 14.7 Å². The van der Waals surface area contributed by atoms with E-state index in [1.54, 1.807) is 40.9 Å². The van der Waals surface area contributed by atoms with Gasteiger partial charge in [-0.25, -0.2) is 9.59 Å². The lowest BCUT2D eigenvalue weighted by molar-refractivity contribution is 0.194. The molecule has 0 spiro atoms. The fourth-order valence-corrected chi connectivity index (χ4v) is 4.75. The van der Waals surface area contributed by atoms with E-state index in [2.05, 4.69) is 22.8 Å². The summed E-state index contributed by atoms with van der Waals surface area (Å²) in [6.45, 7) is 0.204. The molecule has 0 radical (unpaired) electrons. The van der Waals surface area contributed by atoms with Gasteiger partial charge in [-0.15, -0.1) is 0 Å². The lowest BCUT2D eigenvalue weighted by Crippen LogP contribution is -2.33. The molecule has 9 heteroatoms. The van der Waals surface area contributed by atoms with Crippen molar-refractivity contribution in [2.24, 2.45) is 0 Å². The van der Waals surface area contributed by atoms with Gasteiger partial charge in [0.1, 0.15) is 0 Å². The predicted molar refractivity (Wildman–Crippen MR) is 138 cm³/mol. The Morgan fingerprint density at radius 1 is 0.853 bits per heavy atom. The van der Waals surface area contributed by atoms with Crippen molar-refractivity contribution in [2.45, 2.75) is 16.3 Å². The fourth-order valence-electron chi connectivity index (χ4n) is 3.62. The number of nitrogens with zero attached hydrogens (tertiary/aromatic N) is 3. The minimum Gasteiger partial charge on any atom is -0.465 e. The highest BCUT2D eigenvalue weighted by Crippen LogP contribution is 2.50. The standard InChI is InChI=1S/C25H27N5O3S/c1-28(2)18-9-11-20-22(13-18)34-23-14-19(29(3)4)10-12-21(23)30(20)24(31)27-17-7-5-16(6-8-17)15-26-25(32)33/h5-14,26H,15H2,1-4H3,(H,27,31)(H,32,33). The Kier molecular flexibility index (Phi) is 6.56. The molecule has 34 heavy (non-hydrogen) atoms. The van der Waals surface area contributed by atoms with Gasteiger partial charge in [0.25, 0.3) is 0 Å². The van der Waals surface area contributed by atoms with Crippen LogP contribution in [0.2, 0.25) is 0 Å². The summed E-state index contributed by atoms with van der Waals surface area (Å²) in [5.41, 5.74) is 5.19. The number of fused-ring (bicyclic) bond motifs is 2. The largest absolute Gasteiger partial charge is 0.465 e. The summed E-state index contributed by atoms with van der Waals surface area (Å²) in [5.74, 6) is 0. The maximum Gasteiger partial charge on any atom is 0.404 e. The van der Waals surface area contributed by atoms with Crippen LogP contribution in [-0.4, -0.2) is 45.4 Å². The molecule has 3 N–H and O–H groups in total. The molecule has 8 nitrogen and oxygen atoms in total. The van der Waals surface area contributed by atoms with Crippen LogP contribution < -0.4 is 25.3 Å². The Morgan fingerprint density at radius 3 is 1.85 bits per heavy atom. The minimum atomic E-state index is -1.08. The molecule has 4 rings (SSSR count). The summed E-state index contributed by atoms with van der Waals surface area (Å²) in [6, 6.07) is 19.0.